The minimum absolute atomic E-state index is 0.402. The monoisotopic (exact) mass is 1050 g/mol. The molecule has 0 atom stereocenters. The third kappa shape index (κ3) is 15.5. The molecular weight excluding hydrogens is 963 g/mol. The molecule has 0 N–H and O–H groups in total. The van der Waals surface area contributed by atoms with Crippen LogP contribution < -0.4 is 23.8 Å². The molecule has 0 aliphatic carbocycles. The summed E-state index contributed by atoms with van der Waals surface area (Å²) in [4.78, 5) is 2.30. The number of hydrogen-bond donors (Lipinski definition) is 0. The zero-order valence-electron chi connectivity index (χ0n) is 47.5. The molecule has 0 unspecified atom stereocenters. The van der Waals surface area contributed by atoms with Crippen molar-refractivity contribution in [1.29, 1.82) is 0 Å². The lowest BCUT2D eigenvalue weighted by molar-refractivity contribution is 0.296. The van der Waals surface area contributed by atoms with Crippen molar-refractivity contribution in [2.24, 2.45) is 0 Å². The van der Waals surface area contributed by atoms with E-state index in [1.54, 1.807) is 0 Å². The van der Waals surface area contributed by atoms with Crippen molar-refractivity contribution in [2.45, 2.75) is 144 Å². The third-order valence-electron chi connectivity index (χ3n) is 14.4. The first-order valence-electron chi connectivity index (χ1n) is 29.3. The molecule has 0 radical (unpaired) electrons. The van der Waals surface area contributed by atoms with Gasteiger partial charge in [-0.3, -0.25) is 0 Å². The van der Waals surface area contributed by atoms with Crippen LogP contribution in [0.3, 0.4) is 0 Å². The van der Waals surface area contributed by atoms with Crippen LogP contribution in [0, 0.1) is 13.8 Å². The number of aryl methyl sites for hydroxylation is 2. The number of ether oxygens (including phenoxy) is 4. The van der Waals surface area contributed by atoms with Gasteiger partial charge in [-0.05, 0) is 141 Å². The Morgan fingerprint density at radius 2 is 0.782 bits per heavy atom. The van der Waals surface area contributed by atoms with Crippen molar-refractivity contribution in [1.82, 2.24) is 10.2 Å². The molecule has 0 spiro atoms. The van der Waals surface area contributed by atoms with Gasteiger partial charge >= 0.3 is 0 Å². The van der Waals surface area contributed by atoms with Crippen molar-refractivity contribution in [3.05, 3.63) is 163 Å². The van der Waals surface area contributed by atoms with Gasteiger partial charge in [0.2, 0.25) is 11.8 Å². The van der Waals surface area contributed by atoms with Gasteiger partial charge in [-0.25, -0.2) is 0 Å². The first kappa shape index (κ1) is 56.9. The normalized spacial score (nSPS) is 11.2. The van der Waals surface area contributed by atoms with Gasteiger partial charge in [-0.1, -0.05) is 183 Å². The van der Waals surface area contributed by atoms with E-state index in [9.17, 15) is 0 Å². The van der Waals surface area contributed by atoms with Crippen molar-refractivity contribution < 1.29 is 23.4 Å². The average Bonchev–Trinajstić information content (AvgIpc) is 4.08. The van der Waals surface area contributed by atoms with Crippen molar-refractivity contribution >= 4 is 17.1 Å². The van der Waals surface area contributed by atoms with Crippen LogP contribution in [0.4, 0.5) is 17.1 Å². The zero-order chi connectivity index (χ0) is 54.3. The maximum absolute atomic E-state index is 7.00. The first-order chi connectivity index (χ1) is 38.4. The largest absolute Gasteiger partial charge is 0.493 e. The second kappa shape index (κ2) is 30.0. The summed E-state index contributed by atoms with van der Waals surface area (Å²) in [6.07, 6.45) is 17.7. The van der Waals surface area contributed by atoms with Crippen LogP contribution in [-0.4, -0.2) is 36.6 Å². The number of benzene rings is 7. The summed E-state index contributed by atoms with van der Waals surface area (Å²) >= 11 is 0. The molecule has 0 aliphatic rings. The van der Waals surface area contributed by atoms with Crippen LogP contribution in [0.15, 0.2) is 156 Å². The Hall–Kier alpha value is -7.32. The van der Waals surface area contributed by atoms with Crippen LogP contribution in [0.2, 0.25) is 0 Å². The van der Waals surface area contributed by atoms with E-state index in [0.29, 0.717) is 38.2 Å². The van der Waals surface area contributed by atoms with E-state index in [2.05, 4.69) is 173 Å². The molecule has 1 heterocycles. The zero-order valence-corrected chi connectivity index (χ0v) is 47.5. The summed E-state index contributed by atoms with van der Waals surface area (Å²) in [5, 5.41) is 9.43. The van der Waals surface area contributed by atoms with Gasteiger partial charge in [-0.15, -0.1) is 10.2 Å². The molecule has 8 rings (SSSR count). The summed E-state index contributed by atoms with van der Waals surface area (Å²) in [6, 6.07) is 53.3. The fraction of sp³-hybridized carbons (Fsp3) is 0.371. The molecule has 8 heteroatoms. The second-order valence-corrected chi connectivity index (χ2v) is 20.7. The highest BCUT2D eigenvalue weighted by Gasteiger charge is 2.24. The lowest BCUT2D eigenvalue weighted by Crippen LogP contribution is -2.09. The Labute approximate surface area is 466 Å². The number of anilines is 3. The molecule has 1 aromatic heterocycles. The fourth-order valence-corrected chi connectivity index (χ4v) is 9.90. The predicted octanol–water partition coefficient (Wildman–Crippen LogP) is 20.3. The van der Waals surface area contributed by atoms with Crippen molar-refractivity contribution in [3.63, 3.8) is 0 Å². The highest BCUT2D eigenvalue weighted by atomic mass is 16.5. The Kier molecular flexibility index (Phi) is 21.9. The Bertz CT molecular complexity index is 3040. The lowest BCUT2D eigenvalue weighted by atomic mass is 9.91. The Balaban J connectivity index is 1.28. The summed E-state index contributed by atoms with van der Waals surface area (Å²) in [7, 11) is 0. The maximum Gasteiger partial charge on any atom is 0.248 e. The van der Waals surface area contributed by atoms with Crippen LogP contribution in [0.25, 0.3) is 56.3 Å². The van der Waals surface area contributed by atoms with Crippen LogP contribution in [0.5, 0.6) is 23.0 Å². The van der Waals surface area contributed by atoms with Gasteiger partial charge in [0, 0.05) is 44.9 Å². The number of unbranched alkanes of at least 4 members (excludes halogenated alkanes) is 12. The number of hydrogen-bond acceptors (Lipinski definition) is 8. The van der Waals surface area contributed by atoms with E-state index < -0.39 is 0 Å². The quantitative estimate of drug-likeness (QED) is 0.0386. The van der Waals surface area contributed by atoms with Gasteiger partial charge in [0.15, 0.2) is 0 Å². The number of para-hydroxylation sites is 1. The van der Waals surface area contributed by atoms with E-state index in [4.69, 9.17) is 28.5 Å². The number of nitrogens with zero attached hydrogens (tertiary/aromatic N) is 3. The Morgan fingerprint density at radius 1 is 0.346 bits per heavy atom. The van der Waals surface area contributed by atoms with E-state index in [1.165, 1.54) is 31.2 Å². The number of rotatable bonds is 32. The lowest BCUT2D eigenvalue weighted by Gasteiger charge is -2.26. The summed E-state index contributed by atoms with van der Waals surface area (Å²) in [6.45, 7) is 15.7. The molecule has 78 heavy (non-hydrogen) atoms. The average molecular weight is 1050 g/mol. The molecule has 0 fully saturated rings. The van der Waals surface area contributed by atoms with Gasteiger partial charge in [0.05, 0.1) is 26.4 Å². The van der Waals surface area contributed by atoms with Crippen molar-refractivity contribution in [3.8, 4) is 79.3 Å². The second-order valence-electron chi connectivity index (χ2n) is 20.7. The maximum atomic E-state index is 7.00. The smallest absolute Gasteiger partial charge is 0.248 e. The van der Waals surface area contributed by atoms with E-state index in [-0.39, 0.29) is 0 Å². The molecular formula is C70H83N3O5. The standard InChI is InChI=1S/C70H83N3O5/c1-7-11-15-25-43-74-65-49-62(66(47-53(65)6)75-44-26-16-12-8-2)56-37-42-60(64(48-56)70-72-71-69(78-70)55-29-21-19-22-30-55)63-51-67(76-45-27-17-13-9-3)61(50-68(63)77-46-28-18-14-10-4)54-35-40-59(41-36-54)73(57-31-23-20-24-32-57)58-38-33-52(5)34-39-58/h19-24,29-42,47-51H,7-18,25-28,43-46H2,1-6H3. The van der Waals surface area contributed by atoms with E-state index in [1.807, 2.05) is 30.3 Å². The van der Waals surface area contributed by atoms with Crippen LogP contribution >= 0.6 is 0 Å². The molecule has 7 aromatic carbocycles. The van der Waals surface area contributed by atoms with Crippen LogP contribution in [-0.2, 0) is 0 Å². The van der Waals surface area contributed by atoms with Gasteiger partial charge in [-0.2, -0.15) is 0 Å². The summed E-state index contributed by atoms with van der Waals surface area (Å²) < 4.78 is 33.9. The Morgan fingerprint density at radius 3 is 1.35 bits per heavy atom. The molecule has 0 amide bonds. The summed E-state index contributed by atoms with van der Waals surface area (Å²) in [5.41, 5.74) is 12.8. The van der Waals surface area contributed by atoms with Gasteiger partial charge in [0.25, 0.3) is 0 Å². The minimum Gasteiger partial charge on any atom is -0.493 e. The molecule has 0 saturated carbocycles. The highest BCUT2D eigenvalue weighted by molar-refractivity contribution is 5.91. The first-order valence-corrected chi connectivity index (χ1v) is 29.3. The van der Waals surface area contributed by atoms with Crippen molar-refractivity contribution in [2.75, 3.05) is 31.3 Å². The van der Waals surface area contributed by atoms with Gasteiger partial charge < -0.3 is 28.3 Å². The van der Waals surface area contributed by atoms with E-state index in [0.717, 1.165) is 167 Å². The minimum atomic E-state index is 0.402. The summed E-state index contributed by atoms with van der Waals surface area (Å²) in [5.74, 6) is 4.08. The molecule has 8 nitrogen and oxygen atoms in total. The molecule has 0 saturated heterocycles. The topological polar surface area (TPSA) is 79.1 Å². The molecule has 8 aromatic rings. The van der Waals surface area contributed by atoms with Crippen LogP contribution in [0.1, 0.15) is 142 Å². The third-order valence-corrected chi connectivity index (χ3v) is 14.4. The molecule has 0 aliphatic heterocycles. The SMILES string of the molecule is CCCCCCOc1cc(-c2ccc(-c3cc(OCCCCCC)c(-c4ccc(N(c5ccccc5)c5ccc(C)cc5)cc4)cc3OCCCCCC)c(-c3nnc(-c4ccccc4)o3)c2)c(OCCCCCC)cc1C. The highest BCUT2D eigenvalue weighted by Crippen LogP contribution is 2.47. The molecule has 0 bridgehead atoms. The van der Waals surface area contributed by atoms with Gasteiger partial charge in [0.1, 0.15) is 23.0 Å². The predicted molar refractivity (Wildman–Crippen MR) is 324 cm³/mol. The molecule has 408 valence electrons. The number of aromatic nitrogens is 2. The van der Waals surface area contributed by atoms with E-state index >= 15 is 0 Å². The fourth-order valence-electron chi connectivity index (χ4n) is 9.90.